The van der Waals surface area contributed by atoms with E-state index >= 15 is 0 Å². The molecule has 0 saturated heterocycles. The molecule has 0 fully saturated rings. The summed E-state index contributed by atoms with van der Waals surface area (Å²) in [6.07, 6.45) is 1.86. The lowest BCUT2D eigenvalue weighted by atomic mass is 9.82. The van der Waals surface area contributed by atoms with E-state index in [1.54, 1.807) is 0 Å². The highest BCUT2D eigenvalue weighted by molar-refractivity contribution is 5.80. The predicted molar refractivity (Wildman–Crippen MR) is 76.5 cm³/mol. The molecule has 0 bridgehead atoms. The highest BCUT2D eigenvalue weighted by Gasteiger charge is 2.19. The number of para-hydroxylation sites is 1. The predicted octanol–water partition coefficient (Wildman–Crippen LogP) is 4.20. The maximum atomic E-state index is 5.53. The van der Waals surface area contributed by atoms with E-state index in [1.807, 2.05) is 18.4 Å². The number of rotatable bonds is 4. The highest BCUT2D eigenvalue weighted by atomic mass is 16.3. The van der Waals surface area contributed by atoms with Gasteiger partial charge in [0.1, 0.15) is 5.58 Å². The van der Waals surface area contributed by atoms with E-state index < -0.39 is 0 Å². The summed E-state index contributed by atoms with van der Waals surface area (Å²) >= 11 is 0. The van der Waals surface area contributed by atoms with Crippen LogP contribution in [0.2, 0.25) is 0 Å². The summed E-state index contributed by atoms with van der Waals surface area (Å²) in [4.78, 5) is 0. The SMILES string of the molecule is CC(CNCc1coc2ccccc12)C(C)(C)C. The Balaban J connectivity index is 1.95. The minimum atomic E-state index is 0.353. The van der Waals surface area contributed by atoms with Crippen LogP contribution in [0, 0.1) is 11.3 Å². The summed E-state index contributed by atoms with van der Waals surface area (Å²) < 4.78 is 5.53. The molecule has 18 heavy (non-hydrogen) atoms. The van der Waals surface area contributed by atoms with E-state index in [2.05, 4.69) is 45.1 Å². The van der Waals surface area contributed by atoms with E-state index in [9.17, 15) is 0 Å². The Morgan fingerprint density at radius 3 is 2.67 bits per heavy atom. The van der Waals surface area contributed by atoms with Crippen LogP contribution >= 0.6 is 0 Å². The van der Waals surface area contributed by atoms with E-state index in [1.165, 1.54) is 10.9 Å². The second-order valence-electron chi connectivity index (χ2n) is 6.16. The molecule has 98 valence electrons. The van der Waals surface area contributed by atoms with Crippen LogP contribution in [0.1, 0.15) is 33.3 Å². The van der Waals surface area contributed by atoms with Gasteiger partial charge in [-0.3, -0.25) is 0 Å². The molecule has 0 aliphatic carbocycles. The van der Waals surface area contributed by atoms with Crippen LogP contribution in [0.3, 0.4) is 0 Å². The topological polar surface area (TPSA) is 25.2 Å². The Kier molecular flexibility index (Phi) is 3.76. The zero-order valence-electron chi connectivity index (χ0n) is 11.8. The molecule has 0 aliphatic rings. The van der Waals surface area contributed by atoms with Crippen LogP contribution < -0.4 is 5.32 Å². The van der Waals surface area contributed by atoms with Gasteiger partial charge < -0.3 is 9.73 Å². The standard InChI is InChI=1S/C16H23NO/c1-12(16(2,3)4)9-17-10-13-11-18-15-8-6-5-7-14(13)15/h5-8,11-12,17H,9-10H2,1-4H3. The average Bonchev–Trinajstić information content (AvgIpc) is 2.71. The highest BCUT2D eigenvalue weighted by Crippen LogP contribution is 2.25. The Hall–Kier alpha value is -1.28. The maximum absolute atomic E-state index is 5.53. The molecule has 1 unspecified atom stereocenters. The molecule has 1 atom stereocenters. The van der Waals surface area contributed by atoms with Crippen molar-refractivity contribution in [1.29, 1.82) is 0 Å². The molecule has 0 saturated carbocycles. The van der Waals surface area contributed by atoms with Gasteiger partial charge in [-0.15, -0.1) is 0 Å². The van der Waals surface area contributed by atoms with Crippen molar-refractivity contribution in [1.82, 2.24) is 5.32 Å². The lowest BCUT2D eigenvalue weighted by molar-refractivity contribution is 0.252. The van der Waals surface area contributed by atoms with Crippen LogP contribution in [0.15, 0.2) is 34.9 Å². The monoisotopic (exact) mass is 245 g/mol. The molecule has 2 rings (SSSR count). The van der Waals surface area contributed by atoms with Gasteiger partial charge in [-0.05, 0) is 23.9 Å². The minimum Gasteiger partial charge on any atom is -0.464 e. The average molecular weight is 245 g/mol. The van der Waals surface area contributed by atoms with Gasteiger partial charge in [0.15, 0.2) is 0 Å². The quantitative estimate of drug-likeness (QED) is 0.873. The fraction of sp³-hybridized carbons (Fsp3) is 0.500. The van der Waals surface area contributed by atoms with Crippen molar-refractivity contribution in [3.63, 3.8) is 0 Å². The minimum absolute atomic E-state index is 0.353. The summed E-state index contributed by atoms with van der Waals surface area (Å²) in [7, 11) is 0. The molecule has 0 radical (unpaired) electrons. The number of nitrogens with one attached hydrogen (secondary N) is 1. The van der Waals surface area contributed by atoms with E-state index in [-0.39, 0.29) is 0 Å². The Morgan fingerprint density at radius 2 is 1.94 bits per heavy atom. The van der Waals surface area contributed by atoms with Crippen molar-refractivity contribution in [2.75, 3.05) is 6.54 Å². The molecule has 1 aromatic carbocycles. The first kappa shape index (κ1) is 13.2. The molecule has 2 aromatic rings. The van der Waals surface area contributed by atoms with Crippen molar-refractivity contribution in [2.45, 2.75) is 34.2 Å². The fourth-order valence-corrected chi connectivity index (χ4v) is 1.90. The zero-order chi connectivity index (χ0) is 13.2. The lowest BCUT2D eigenvalue weighted by Gasteiger charge is -2.27. The van der Waals surface area contributed by atoms with Gasteiger partial charge in [0, 0.05) is 17.5 Å². The van der Waals surface area contributed by atoms with Crippen LogP contribution in [0.5, 0.6) is 0 Å². The molecule has 2 nitrogen and oxygen atoms in total. The largest absolute Gasteiger partial charge is 0.464 e. The van der Waals surface area contributed by atoms with Gasteiger partial charge in [-0.2, -0.15) is 0 Å². The number of furan rings is 1. The summed E-state index contributed by atoms with van der Waals surface area (Å²) in [5, 5.41) is 4.74. The maximum Gasteiger partial charge on any atom is 0.134 e. The smallest absolute Gasteiger partial charge is 0.134 e. The molecular formula is C16H23NO. The first-order valence-electron chi connectivity index (χ1n) is 6.64. The second-order valence-corrected chi connectivity index (χ2v) is 6.16. The molecule has 1 heterocycles. The van der Waals surface area contributed by atoms with Crippen LogP contribution in [-0.4, -0.2) is 6.54 Å². The van der Waals surface area contributed by atoms with E-state index in [4.69, 9.17) is 4.42 Å². The van der Waals surface area contributed by atoms with E-state index in [0.29, 0.717) is 11.3 Å². The summed E-state index contributed by atoms with van der Waals surface area (Å²) in [5.74, 6) is 0.649. The van der Waals surface area contributed by atoms with Crippen molar-refractivity contribution in [2.24, 2.45) is 11.3 Å². The second kappa shape index (κ2) is 5.15. The third kappa shape index (κ3) is 2.94. The normalized spacial score (nSPS) is 14.0. The van der Waals surface area contributed by atoms with Gasteiger partial charge in [0.05, 0.1) is 6.26 Å². The van der Waals surface area contributed by atoms with Crippen molar-refractivity contribution < 1.29 is 4.42 Å². The Labute approximate surface area is 109 Å². The third-order valence-corrected chi connectivity index (χ3v) is 3.81. The van der Waals surface area contributed by atoms with Gasteiger partial charge in [0.25, 0.3) is 0 Å². The number of benzene rings is 1. The third-order valence-electron chi connectivity index (χ3n) is 3.81. The van der Waals surface area contributed by atoms with Crippen molar-refractivity contribution in [3.05, 3.63) is 36.1 Å². The molecule has 0 spiro atoms. The van der Waals surface area contributed by atoms with Crippen LogP contribution in [0.4, 0.5) is 0 Å². The molecule has 2 heteroatoms. The van der Waals surface area contributed by atoms with Gasteiger partial charge in [-0.1, -0.05) is 45.9 Å². The zero-order valence-corrected chi connectivity index (χ0v) is 11.8. The number of fused-ring (bicyclic) bond motifs is 1. The molecule has 1 N–H and O–H groups in total. The van der Waals surface area contributed by atoms with Crippen molar-refractivity contribution >= 4 is 11.0 Å². The van der Waals surface area contributed by atoms with Crippen molar-refractivity contribution in [3.8, 4) is 0 Å². The fourth-order valence-electron chi connectivity index (χ4n) is 1.90. The Morgan fingerprint density at radius 1 is 1.22 bits per heavy atom. The molecule has 1 aromatic heterocycles. The van der Waals surface area contributed by atoms with Crippen LogP contribution in [0.25, 0.3) is 11.0 Å². The summed E-state index contributed by atoms with van der Waals surface area (Å²) in [6.45, 7) is 11.0. The lowest BCUT2D eigenvalue weighted by Crippen LogP contribution is -2.29. The summed E-state index contributed by atoms with van der Waals surface area (Å²) in [6, 6.07) is 8.18. The first-order chi connectivity index (χ1) is 8.48. The molecule has 0 aliphatic heterocycles. The molecule has 0 amide bonds. The van der Waals surface area contributed by atoms with Gasteiger partial charge in [-0.25, -0.2) is 0 Å². The molecular weight excluding hydrogens is 222 g/mol. The first-order valence-corrected chi connectivity index (χ1v) is 6.64. The number of hydrogen-bond donors (Lipinski definition) is 1. The van der Waals surface area contributed by atoms with Gasteiger partial charge >= 0.3 is 0 Å². The van der Waals surface area contributed by atoms with Gasteiger partial charge in [0.2, 0.25) is 0 Å². The van der Waals surface area contributed by atoms with Crippen LogP contribution in [-0.2, 0) is 6.54 Å². The summed E-state index contributed by atoms with van der Waals surface area (Å²) in [5.41, 5.74) is 2.57. The Bertz CT molecular complexity index is 507. The van der Waals surface area contributed by atoms with E-state index in [0.717, 1.165) is 18.7 Å². The number of hydrogen-bond acceptors (Lipinski definition) is 2.